The molecule has 0 spiro atoms. The molecule has 0 heterocycles. The molecule has 0 fully saturated rings. The van der Waals surface area contributed by atoms with Gasteiger partial charge in [-0.05, 0) is 30.3 Å². The van der Waals surface area contributed by atoms with Gasteiger partial charge in [0.1, 0.15) is 10.8 Å². The second kappa shape index (κ2) is 7.26. The predicted molar refractivity (Wildman–Crippen MR) is 86.6 cm³/mol. The number of nitro groups is 1. The van der Waals surface area contributed by atoms with E-state index < -0.39 is 16.6 Å². The molecular weight excluding hydrogens is 348 g/mol. The van der Waals surface area contributed by atoms with Crippen molar-refractivity contribution in [3.63, 3.8) is 0 Å². The van der Waals surface area contributed by atoms with Gasteiger partial charge in [0.15, 0.2) is 0 Å². The average Bonchev–Trinajstić information content (AvgIpc) is 2.50. The van der Waals surface area contributed by atoms with Crippen molar-refractivity contribution in [1.82, 2.24) is 0 Å². The monoisotopic (exact) mass is 357 g/mol. The van der Waals surface area contributed by atoms with Crippen molar-refractivity contribution >= 4 is 46.2 Å². The van der Waals surface area contributed by atoms with Gasteiger partial charge in [-0.1, -0.05) is 23.2 Å². The third-order valence-electron chi connectivity index (χ3n) is 2.80. The van der Waals surface area contributed by atoms with E-state index in [1.54, 1.807) is 0 Å². The number of nitrogens with one attached hydrogen (secondary N) is 2. The van der Waals surface area contributed by atoms with Crippen molar-refractivity contribution in [3.8, 4) is 0 Å². The molecule has 0 aliphatic rings. The van der Waals surface area contributed by atoms with Crippen LogP contribution in [0.2, 0.25) is 10.0 Å². The Morgan fingerprint density at radius 1 is 1.22 bits per heavy atom. The molecule has 2 aromatic carbocycles. The maximum absolute atomic E-state index is 13.5. The van der Waals surface area contributed by atoms with Crippen molar-refractivity contribution in [2.45, 2.75) is 0 Å². The molecule has 2 rings (SSSR count). The highest BCUT2D eigenvalue weighted by atomic mass is 35.5. The first kappa shape index (κ1) is 17.0. The molecule has 0 atom stereocenters. The third kappa shape index (κ3) is 4.54. The fourth-order valence-electron chi connectivity index (χ4n) is 1.73. The van der Waals surface area contributed by atoms with Crippen LogP contribution in [0.3, 0.4) is 0 Å². The zero-order valence-electron chi connectivity index (χ0n) is 11.5. The summed E-state index contributed by atoms with van der Waals surface area (Å²) in [6.07, 6.45) is 0. The number of amides is 1. The predicted octanol–water partition coefficient (Wildman–Crippen LogP) is 4.09. The van der Waals surface area contributed by atoms with Gasteiger partial charge in [0.2, 0.25) is 5.91 Å². The van der Waals surface area contributed by atoms with Gasteiger partial charge < -0.3 is 10.6 Å². The minimum absolute atomic E-state index is 0.00833. The fourth-order valence-corrected chi connectivity index (χ4v) is 2.09. The van der Waals surface area contributed by atoms with E-state index in [1.165, 1.54) is 30.3 Å². The summed E-state index contributed by atoms with van der Waals surface area (Å²) in [6, 6.07) is 7.81. The number of halogens is 3. The van der Waals surface area contributed by atoms with E-state index in [0.29, 0.717) is 5.69 Å². The van der Waals surface area contributed by atoms with Crippen LogP contribution in [0.15, 0.2) is 36.4 Å². The number of anilines is 2. The molecule has 0 radical (unpaired) electrons. The maximum atomic E-state index is 13.5. The molecule has 0 aliphatic heterocycles. The van der Waals surface area contributed by atoms with Gasteiger partial charge in [-0.15, -0.1) is 0 Å². The molecule has 2 N–H and O–H groups in total. The van der Waals surface area contributed by atoms with Gasteiger partial charge in [0.25, 0.3) is 5.69 Å². The van der Waals surface area contributed by atoms with Crippen molar-refractivity contribution in [1.29, 1.82) is 0 Å². The summed E-state index contributed by atoms with van der Waals surface area (Å²) in [4.78, 5) is 21.9. The summed E-state index contributed by atoms with van der Waals surface area (Å²) in [6.45, 7) is -0.218. The maximum Gasteiger partial charge on any atom is 0.289 e. The van der Waals surface area contributed by atoms with Gasteiger partial charge in [-0.2, -0.15) is 0 Å². The van der Waals surface area contributed by atoms with Gasteiger partial charge in [-0.3, -0.25) is 14.9 Å². The molecule has 0 bridgehead atoms. The van der Waals surface area contributed by atoms with Crippen molar-refractivity contribution in [3.05, 3.63) is 62.4 Å². The molecule has 0 saturated heterocycles. The Morgan fingerprint density at radius 3 is 2.65 bits per heavy atom. The number of hydrogen-bond donors (Lipinski definition) is 2. The first-order chi connectivity index (χ1) is 10.9. The van der Waals surface area contributed by atoms with Gasteiger partial charge in [0.05, 0.1) is 17.2 Å². The lowest BCUT2D eigenvalue weighted by molar-refractivity contribution is -0.384. The van der Waals surface area contributed by atoms with Crippen LogP contribution >= 0.6 is 23.2 Å². The molecule has 0 unspecified atom stereocenters. The Kier molecular flexibility index (Phi) is 5.36. The van der Waals surface area contributed by atoms with Crippen LogP contribution in [-0.4, -0.2) is 17.4 Å². The summed E-state index contributed by atoms with van der Waals surface area (Å²) < 4.78 is 13.5. The van der Waals surface area contributed by atoms with Gasteiger partial charge in [-0.25, -0.2) is 4.39 Å². The molecule has 0 aromatic heterocycles. The van der Waals surface area contributed by atoms with Crippen LogP contribution in [-0.2, 0) is 4.79 Å². The lowest BCUT2D eigenvalue weighted by Gasteiger charge is -2.09. The Hall–Kier alpha value is -2.38. The summed E-state index contributed by atoms with van der Waals surface area (Å²) in [5, 5.41) is 16.1. The van der Waals surface area contributed by atoms with E-state index >= 15 is 0 Å². The largest absolute Gasteiger partial charge is 0.376 e. The standard InChI is InChI=1S/C14H10Cl2FN3O3/c15-8-1-4-11(17)12(5-8)19-14(21)7-18-9-2-3-10(16)13(6-9)20(22)23/h1-6,18H,7H2,(H,19,21). The first-order valence-corrected chi connectivity index (χ1v) is 7.05. The number of carbonyl (C=O) groups is 1. The second-order valence-electron chi connectivity index (χ2n) is 4.45. The van der Waals surface area contributed by atoms with E-state index in [2.05, 4.69) is 10.6 Å². The van der Waals surface area contributed by atoms with Crippen molar-refractivity contribution in [2.75, 3.05) is 17.2 Å². The number of carbonyl (C=O) groups excluding carboxylic acids is 1. The highest BCUT2D eigenvalue weighted by Crippen LogP contribution is 2.27. The van der Waals surface area contributed by atoms with Crippen LogP contribution in [0.5, 0.6) is 0 Å². The molecule has 2 aromatic rings. The van der Waals surface area contributed by atoms with Crippen molar-refractivity contribution < 1.29 is 14.1 Å². The topological polar surface area (TPSA) is 84.3 Å². The molecule has 6 nitrogen and oxygen atoms in total. The molecule has 120 valence electrons. The second-order valence-corrected chi connectivity index (χ2v) is 5.29. The van der Waals surface area contributed by atoms with E-state index in [0.717, 1.165) is 6.07 Å². The fraction of sp³-hybridized carbons (Fsp3) is 0.0714. The highest BCUT2D eigenvalue weighted by Gasteiger charge is 2.13. The zero-order chi connectivity index (χ0) is 17.0. The average molecular weight is 358 g/mol. The SMILES string of the molecule is O=C(CNc1ccc(Cl)c([N+](=O)[O-])c1)Nc1cc(Cl)ccc1F. The molecule has 23 heavy (non-hydrogen) atoms. The number of benzene rings is 2. The highest BCUT2D eigenvalue weighted by molar-refractivity contribution is 6.32. The van der Waals surface area contributed by atoms with Crippen LogP contribution in [0.1, 0.15) is 0 Å². The van der Waals surface area contributed by atoms with Crippen molar-refractivity contribution in [2.24, 2.45) is 0 Å². The zero-order valence-corrected chi connectivity index (χ0v) is 13.0. The minimum Gasteiger partial charge on any atom is -0.376 e. The summed E-state index contributed by atoms with van der Waals surface area (Å²) in [7, 11) is 0. The molecule has 0 aliphatic carbocycles. The van der Waals surface area contributed by atoms with E-state index in [4.69, 9.17) is 23.2 Å². The number of rotatable bonds is 5. The minimum atomic E-state index is -0.630. The Labute approximate surface area is 140 Å². The van der Waals surface area contributed by atoms with E-state index in [1.807, 2.05) is 0 Å². The quantitative estimate of drug-likeness (QED) is 0.623. The lowest BCUT2D eigenvalue weighted by Crippen LogP contribution is -2.22. The summed E-state index contributed by atoms with van der Waals surface area (Å²) >= 11 is 11.4. The molecule has 1 amide bonds. The van der Waals surface area contributed by atoms with Crippen LogP contribution in [0.25, 0.3) is 0 Å². The number of hydrogen-bond acceptors (Lipinski definition) is 4. The smallest absolute Gasteiger partial charge is 0.289 e. The normalized spacial score (nSPS) is 10.2. The Bertz CT molecular complexity index is 771. The van der Waals surface area contributed by atoms with Crippen LogP contribution in [0, 0.1) is 15.9 Å². The first-order valence-electron chi connectivity index (χ1n) is 6.29. The number of nitro benzene ring substituents is 1. The van der Waals surface area contributed by atoms with Crippen LogP contribution in [0.4, 0.5) is 21.5 Å². The van der Waals surface area contributed by atoms with E-state index in [-0.39, 0.29) is 28.0 Å². The molecular formula is C14H10Cl2FN3O3. The van der Waals surface area contributed by atoms with E-state index in [9.17, 15) is 19.3 Å². The Morgan fingerprint density at radius 2 is 1.96 bits per heavy atom. The lowest BCUT2D eigenvalue weighted by atomic mass is 10.2. The molecule has 9 heteroatoms. The van der Waals surface area contributed by atoms with Gasteiger partial charge in [0, 0.05) is 16.8 Å². The van der Waals surface area contributed by atoms with Gasteiger partial charge >= 0.3 is 0 Å². The third-order valence-corrected chi connectivity index (χ3v) is 3.35. The Balaban J connectivity index is 2.01. The molecule has 0 saturated carbocycles. The summed E-state index contributed by atoms with van der Waals surface area (Å²) in [5.74, 6) is -1.16. The van der Waals surface area contributed by atoms with Crippen LogP contribution < -0.4 is 10.6 Å². The number of nitrogens with zero attached hydrogens (tertiary/aromatic N) is 1. The summed E-state index contributed by atoms with van der Waals surface area (Å²) in [5.41, 5.74) is 0.00663.